The molecule has 0 fully saturated rings. The number of hydrogen-bond acceptors (Lipinski definition) is 3. The second-order valence-electron chi connectivity index (χ2n) is 5.58. The second kappa shape index (κ2) is 8.70. The standard InChI is InChI=1S/C19H22ClNO2/c1-14(21-13-18(20)16-6-4-3-5-7-16)12-15-8-10-17(11-9-15)19(22)23-2/h3-11,14,18,21H,12-13H2,1-2H3. The van der Waals surface area contributed by atoms with Crippen molar-refractivity contribution < 1.29 is 9.53 Å². The smallest absolute Gasteiger partial charge is 0.337 e. The van der Waals surface area contributed by atoms with Crippen molar-refractivity contribution in [3.8, 4) is 0 Å². The second-order valence-corrected chi connectivity index (χ2v) is 6.11. The lowest BCUT2D eigenvalue weighted by Gasteiger charge is -2.17. The van der Waals surface area contributed by atoms with Gasteiger partial charge in [0.25, 0.3) is 0 Å². The zero-order valence-corrected chi connectivity index (χ0v) is 14.2. The molecule has 0 amide bonds. The van der Waals surface area contributed by atoms with Crippen LogP contribution in [0.2, 0.25) is 0 Å². The van der Waals surface area contributed by atoms with Crippen LogP contribution in [0.5, 0.6) is 0 Å². The number of hydrogen-bond donors (Lipinski definition) is 1. The quantitative estimate of drug-likeness (QED) is 0.616. The van der Waals surface area contributed by atoms with E-state index in [2.05, 4.69) is 12.2 Å². The van der Waals surface area contributed by atoms with Gasteiger partial charge in [-0.05, 0) is 36.6 Å². The highest BCUT2D eigenvalue weighted by atomic mass is 35.5. The summed E-state index contributed by atoms with van der Waals surface area (Å²) < 4.78 is 4.70. The number of carbonyl (C=O) groups excluding carboxylic acids is 1. The van der Waals surface area contributed by atoms with Gasteiger partial charge in [0.1, 0.15) is 0 Å². The molecule has 3 nitrogen and oxygen atoms in total. The van der Waals surface area contributed by atoms with E-state index in [1.54, 1.807) is 12.1 Å². The average molecular weight is 332 g/mol. The van der Waals surface area contributed by atoms with E-state index in [4.69, 9.17) is 16.3 Å². The molecule has 23 heavy (non-hydrogen) atoms. The summed E-state index contributed by atoms with van der Waals surface area (Å²) in [4.78, 5) is 11.4. The van der Waals surface area contributed by atoms with Gasteiger partial charge in [-0.15, -0.1) is 11.6 Å². The number of nitrogens with one attached hydrogen (secondary N) is 1. The molecule has 4 heteroatoms. The van der Waals surface area contributed by atoms with Crippen LogP contribution in [0.4, 0.5) is 0 Å². The van der Waals surface area contributed by atoms with Gasteiger partial charge in [-0.2, -0.15) is 0 Å². The van der Waals surface area contributed by atoms with E-state index in [0.29, 0.717) is 18.2 Å². The molecule has 122 valence electrons. The third-order valence-electron chi connectivity index (χ3n) is 3.72. The van der Waals surface area contributed by atoms with Gasteiger partial charge in [0.2, 0.25) is 0 Å². The summed E-state index contributed by atoms with van der Waals surface area (Å²) in [6.45, 7) is 2.84. The minimum absolute atomic E-state index is 0.0413. The van der Waals surface area contributed by atoms with Gasteiger partial charge < -0.3 is 10.1 Å². The van der Waals surface area contributed by atoms with E-state index in [1.165, 1.54) is 12.7 Å². The summed E-state index contributed by atoms with van der Waals surface area (Å²) in [5.41, 5.74) is 2.86. The molecule has 2 aromatic rings. The molecular formula is C19H22ClNO2. The Labute approximate surface area is 142 Å². The van der Waals surface area contributed by atoms with Crippen LogP contribution in [0.25, 0.3) is 0 Å². The molecule has 0 saturated heterocycles. The van der Waals surface area contributed by atoms with E-state index in [9.17, 15) is 4.79 Å². The highest BCUT2D eigenvalue weighted by Gasteiger charge is 2.10. The molecule has 0 spiro atoms. The predicted molar refractivity (Wildman–Crippen MR) is 94.0 cm³/mol. The molecule has 0 saturated carbocycles. The van der Waals surface area contributed by atoms with Crippen molar-refractivity contribution in [3.63, 3.8) is 0 Å². The Morgan fingerprint density at radius 2 is 1.78 bits per heavy atom. The minimum atomic E-state index is -0.310. The summed E-state index contributed by atoms with van der Waals surface area (Å²) in [5, 5.41) is 3.41. The highest BCUT2D eigenvalue weighted by molar-refractivity contribution is 6.21. The maximum Gasteiger partial charge on any atom is 0.337 e. The van der Waals surface area contributed by atoms with Crippen LogP contribution in [0, 0.1) is 0 Å². The summed E-state index contributed by atoms with van der Waals surface area (Å²) in [6.07, 6.45) is 0.875. The van der Waals surface area contributed by atoms with Crippen molar-refractivity contribution in [2.24, 2.45) is 0 Å². The van der Waals surface area contributed by atoms with Gasteiger partial charge in [-0.25, -0.2) is 4.79 Å². The fourth-order valence-corrected chi connectivity index (χ4v) is 2.64. The van der Waals surface area contributed by atoms with Crippen LogP contribution in [-0.4, -0.2) is 25.7 Å². The Morgan fingerprint density at radius 1 is 1.13 bits per heavy atom. The van der Waals surface area contributed by atoms with Crippen LogP contribution in [0.1, 0.15) is 33.8 Å². The number of carbonyl (C=O) groups is 1. The van der Waals surface area contributed by atoms with Gasteiger partial charge in [-0.3, -0.25) is 0 Å². The zero-order valence-electron chi connectivity index (χ0n) is 13.5. The molecule has 2 unspecified atom stereocenters. The molecule has 2 rings (SSSR count). The van der Waals surface area contributed by atoms with Crippen LogP contribution in [-0.2, 0) is 11.2 Å². The van der Waals surface area contributed by atoms with Crippen molar-refractivity contribution in [1.82, 2.24) is 5.32 Å². The molecular weight excluding hydrogens is 310 g/mol. The van der Waals surface area contributed by atoms with Gasteiger partial charge in [0, 0.05) is 12.6 Å². The molecule has 1 N–H and O–H groups in total. The number of benzene rings is 2. The first-order valence-electron chi connectivity index (χ1n) is 7.70. The maximum atomic E-state index is 11.4. The lowest BCUT2D eigenvalue weighted by Crippen LogP contribution is -2.30. The minimum Gasteiger partial charge on any atom is -0.465 e. The van der Waals surface area contributed by atoms with Crippen molar-refractivity contribution in [1.29, 1.82) is 0 Å². The number of ether oxygens (including phenoxy) is 1. The van der Waals surface area contributed by atoms with Crippen molar-refractivity contribution >= 4 is 17.6 Å². The monoisotopic (exact) mass is 331 g/mol. The molecule has 0 aliphatic carbocycles. The van der Waals surface area contributed by atoms with Gasteiger partial charge in [-0.1, -0.05) is 42.5 Å². The lowest BCUT2D eigenvalue weighted by atomic mass is 10.0. The van der Waals surface area contributed by atoms with E-state index < -0.39 is 0 Å². The Hall–Kier alpha value is -1.84. The van der Waals surface area contributed by atoms with Crippen LogP contribution >= 0.6 is 11.6 Å². The van der Waals surface area contributed by atoms with E-state index in [-0.39, 0.29) is 11.3 Å². The Morgan fingerprint density at radius 3 is 2.39 bits per heavy atom. The first-order chi connectivity index (χ1) is 11.1. The summed E-state index contributed by atoms with van der Waals surface area (Å²) in [5.74, 6) is -0.310. The third-order valence-corrected chi connectivity index (χ3v) is 4.13. The number of halogens is 1. The molecule has 0 aliphatic rings. The van der Waals surface area contributed by atoms with Crippen molar-refractivity contribution in [2.45, 2.75) is 24.8 Å². The summed E-state index contributed by atoms with van der Waals surface area (Å²) in [6, 6.07) is 17.9. The van der Waals surface area contributed by atoms with E-state index >= 15 is 0 Å². The molecule has 0 aliphatic heterocycles. The predicted octanol–water partition coefficient (Wildman–Crippen LogP) is 3.97. The van der Waals surface area contributed by atoms with E-state index in [0.717, 1.165) is 12.0 Å². The highest BCUT2D eigenvalue weighted by Crippen LogP contribution is 2.19. The van der Waals surface area contributed by atoms with Gasteiger partial charge in [0.05, 0.1) is 18.1 Å². The van der Waals surface area contributed by atoms with Gasteiger partial charge in [0.15, 0.2) is 0 Å². The van der Waals surface area contributed by atoms with Gasteiger partial charge >= 0.3 is 5.97 Å². The Kier molecular flexibility index (Phi) is 6.63. The van der Waals surface area contributed by atoms with E-state index in [1.807, 2.05) is 42.5 Å². The topological polar surface area (TPSA) is 38.3 Å². The number of alkyl halides is 1. The number of esters is 1. The zero-order chi connectivity index (χ0) is 16.7. The molecule has 0 bridgehead atoms. The number of methoxy groups -OCH3 is 1. The lowest BCUT2D eigenvalue weighted by molar-refractivity contribution is 0.0600. The van der Waals surface area contributed by atoms with Crippen LogP contribution in [0.3, 0.4) is 0 Å². The molecule has 2 aromatic carbocycles. The van der Waals surface area contributed by atoms with Crippen molar-refractivity contribution in [3.05, 3.63) is 71.3 Å². The Balaban J connectivity index is 1.82. The molecule has 0 aromatic heterocycles. The number of rotatable bonds is 7. The normalized spacial score (nSPS) is 13.3. The first-order valence-corrected chi connectivity index (χ1v) is 8.13. The largest absolute Gasteiger partial charge is 0.465 e. The Bertz CT molecular complexity index is 613. The van der Waals surface area contributed by atoms with Crippen LogP contribution in [0.15, 0.2) is 54.6 Å². The maximum absolute atomic E-state index is 11.4. The van der Waals surface area contributed by atoms with Crippen molar-refractivity contribution in [2.75, 3.05) is 13.7 Å². The average Bonchev–Trinajstić information content (AvgIpc) is 2.60. The fourth-order valence-electron chi connectivity index (χ4n) is 2.40. The van der Waals surface area contributed by atoms with Crippen LogP contribution < -0.4 is 5.32 Å². The third kappa shape index (κ3) is 5.38. The SMILES string of the molecule is COC(=O)c1ccc(CC(C)NCC(Cl)c2ccccc2)cc1. The fraction of sp³-hybridized carbons (Fsp3) is 0.316. The molecule has 2 atom stereocenters. The first kappa shape index (κ1) is 17.5. The summed E-state index contributed by atoms with van der Waals surface area (Å²) >= 11 is 6.41. The summed E-state index contributed by atoms with van der Waals surface area (Å²) in [7, 11) is 1.39. The molecule has 0 heterocycles. The molecule has 0 radical (unpaired) electrons.